The fourth-order valence-corrected chi connectivity index (χ4v) is 5.37. The summed E-state index contributed by atoms with van der Waals surface area (Å²) in [6, 6.07) is 6.85. The topological polar surface area (TPSA) is 99.2 Å². The highest BCUT2D eigenvalue weighted by atomic mass is 16.6. The van der Waals surface area contributed by atoms with Crippen LogP contribution in [-0.2, 0) is 4.74 Å². The zero-order chi connectivity index (χ0) is 25.3. The molecule has 1 aromatic carbocycles. The minimum Gasteiger partial charge on any atom is -0.444 e. The molecule has 5 rings (SSSR count). The van der Waals surface area contributed by atoms with Gasteiger partial charge in [0.2, 0.25) is 0 Å². The fourth-order valence-electron chi connectivity index (χ4n) is 5.37. The summed E-state index contributed by atoms with van der Waals surface area (Å²) in [4.78, 5) is 23.8. The third-order valence-electron chi connectivity index (χ3n) is 7.48. The van der Waals surface area contributed by atoms with Gasteiger partial charge < -0.3 is 15.4 Å². The minimum atomic E-state index is -0.468. The van der Waals surface area contributed by atoms with Crippen LogP contribution in [0.5, 0.6) is 0 Å². The van der Waals surface area contributed by atoms with Gasteiger partial charge in [-0.3, -0.25) is 9.67 Å². The van der Waals surface area contributed by atoms with Gasteiger partial charge in [0.1, 0.15) is 5.60 Å². The van der Waals surface area contributed by atoms with Crippen molar-refractivity contribution in [3.63, 3.8) is 0 Å². The van der Waals surface area contributed by atoms with E-state index in [1.165, 1.54) is 24.8 Å². The quantitative estimate of drug-likeness (QED) is 0.503. The number of hydrogen-bond acceptors (Lipinski definition) is 6. The Morgan fingerprint density at radius 3 is 2.64 bits per heavy atom. The number of likely N-dealkylation sites (tertiary alicyclic amines) is 1. The molecule has 2 fully saturated rings. The lowest BCUT2D eigenvalue weighted by Gasteiger charge is -2.35. The van der Waals surface area contributed by atoms with E-state index in [0.29, 0.717) is 25.0 Å². The number of hydrogen-bond donors (Lipinski definition) is 1. The molecule has 2 N–H and O–H groups in total. The summed E-state index contributed by atoms with van der Waals surface area (Å²) in [5.74, 6) is 1.17. The zero-order valence-corrected chi connectivity index (χ0v) is 21.7. The molecule has 192 valence electrons. The smallest absolute Gasteiger partial charge is 0.410 e. The lowest BCUT2D eigenvalue weighted by Crippen LogP contribution is -2.41. The maximum atomic E-state index is 12.4. The van der Waals surface area contributed by atoms with Gasteiger partial charge in [-0.05, 0) is 95.4 Å². The standard InChI is InChI=1S/C28H38N6O2/c1-28(2,3)36-27(35)33-11-8-20(9-12-33)21-6-7-24-25(15-21)32-26(17-30-24)22-16-31-34(18-22)23-13-19(14-23)5-4-10-29/h6-7,15-20,23H,4-5,8-14,29H2,1-3H3. The number of ether oxygens (including phenoxy) is 1. The Balaban J connectivity index is 1.24. The Morgan fingerprint density at radius 1 is 1.14 bits per heavy atom. The number of carbonyl (C=O) groups excluding carboxylic acids is 1. The molecule has 8 heteroatoms. The number of carbonyl (C=O) groups is 1. The van der Waals surface area contributed by atoms with E-state index in [1.807, 2.05) is 38.1 Å². The summed E-state index contributed by atoms with van der Waals surface area (Å²) >= 11 is 0. The van der Waals surface area contributed by atoms with Crippen molar-refractivity contribution in [3.05, 3.63) is 42.4 Å². The van der Waals surface area contributed by atoms with Crippen molar-refractivity contribution < 1.29 is 9.53 Å². The second-order valence-electron chi connectivity index (χ2n) is 11.4. The van der Waals surface area contributed by atoms with Crippen LogP contribution in [0, 0.1) is 5.92 Å². The molecule has 1 saturated carbocycles. The Bertz CT molecular complexity index is 1200. The number of nitrogens with zero attached hydrogens (tertiary/aromatic N) is 5. The van der Waals surface area contributed by atoms with Crippen molar-refractivity contribution in [1.29, 1.82) is 0 Å². The maximum absolute atomic E-state index is 12.4. The molecule has 0 unspecified atom stereocenters. The van der Waals surface area contributed by atoms with Gasteiger partial charge in [0.15, 0.2) is 0 Å². The number of benzene rings is 1. The van der Waals surface area contributed by atoms with E-state index in [0.717, 1.165) is 54.0 Å². The molecule has 2 aliphatic rings. The van der Waals surface area contributed by atoms with Gasteiger partial charge in [0.05, 0.1) is 35.2 Å². The summed E-state index contributed by atoms with van der Waals surface area (Å²) < 4.78 is 7.63. The van der Waals surface area contributed by atoms with Crippen molar-refractivity contribution in [3.8, 4) is 11.3 Å². The molecular formula is C28H38N6O2. The van der Waals surface area contributed by atoms with Crippen molar-refractivity contribution >= 4 is 17.1 Å². The van der Waals surface area contributed by atoms with Crippen molar-refractivity contribution in [1.82, 2.24) is 24.6 Å². The third-order valence-corrected chi connectivity index (χ3v) is 7.48. The Labute approximate surface area is 213 Å². The van der Waals surface area contributed by atoms with Gasteiger partial charge in [-0.2, -0.15) is 5.10 Å². The molecule has 1 aliphatic heterocycles. The number of aromatic nitrogens is 4. The first-order valence-electron chi connectivity index (χ1n) is 13.3. The molecule has 1 amide bonds. The lowest BCUT2D eigenvalue weighted by atomic mass is 9.77. The summed E-state index contributed by atoms with van der Waals surface area (Å²) in [6.45, 7) is 7.90. The predicted molar refractivity (Wildman–Crippen MR) is 141 cm³/mol. The highest BCUT2D eigenvalue weighted by Crippen LogP contribution is 2.40. The fraction of sp³-hybridized carbons (Fsp3) is 0.571. The molecule has 3 heterocycles. The van der Waals surface area contributed by atoms with Gasteiger partial charge in [0, 0.05) is 24.8 Å². The monoisotopic (exact) mass is 490 g/mol. The van der Waals surface area contributed by atoms with Crippen molar-refractivity contribution in [2.45, 2.75) is 76.9 Å². The number of nitrogens with two attached hydrogens (primary N) is 1. The molecule has 0 radical (unpaired) electrons. The molecule has 2 aromatic heterocycles. The van der Waals surface area contributed by atoms with Crippen LogP contribution in [-0.4, -0.2) is 56.0 Å². The second kappa shape index (κ2) is 10.2. The Morgan fingerprint density at radius 2 is 1.92 bits per heavy atom. The van der Waals surface area contributed by atoms with Crippen LogP contribution in [0.4, 0.5) is 4.79 Å². The molecule has 1 saturated heterocycles. The molecule has 0 bridgehead atoms. The van der Waals surface area contributed by atoms with Crippen LogP contribution in [0.25, 0.3) is 22.3 Å². The minimum absolute atomic E-state index is 0.219. The molecule has 8 nitrogen and oxygen atoms in total. The highest BCUT2D eigenvalue weighted by molar-refractivity contribution is 5.77. The molecule has 3 aromatic rings. The summed E-state index contributed by atoms with van der Waals surface area (Å²) in [6.07, 6.45) is 12.2. The van der Waals surface area contributed by atoms with E-state index in [1.54, 1.807) is 0 Å². The summed E-state index contributed by atoms with van der Waals surface area (Å²) in [7, 11) is 0. The SMILES string of the molecule is CC(C)(C)OC(=O)N1CCC(c2ccc3ncc(-c4cnn(C5CC(CCCN)C5)c4)nc3c2)CC1. The van der Waals surface area contributed by atoms with Crippen LogP contribution in [0.1, 0.15) is 76.8 Å². The third kappa shape index (κ3) is 5.53. The number of fused-ring (bicyclic) bond motifs is 1. The van der Waals surface area contributed by atoms with Crippen molar-refractivity contribution in [2.75, 3.05) is 19.6 Å². The maximum Gasteiger partial charge on any atom is 0.410 e. The first kappa shape index (κ1) is 24.7. The van der Waals surface area contributed by atoms with E-state index in [9.17, 15) is 4.79 Å². The van der Waals surface area contributed by atoms with E-state index < -0.39 is 5.60 Å². The van der Waals surface area contributed by atoms with Gasteiger partial charge in [-0.1, -0.05) is 6.07 Å². The van der Waals surface area contributed by atoms with Crippen LogP contribution in [0.3, 0.4) is 0 Å². The van der Waals surface area contributed by atoms with E-state index in [4.69, 9.17) is 15.5 Å². The summed E-state index contributed by atoms with van der Waals surface area (Å²) in [5.41, 5.74) is 10.1. The molecular weight excluding hydrogens is 452 g/mol. The molecule has 36 heavy (non-hydrogen) atoms. The Hall–Kier alpha value is -3.00. The molecule has 0 atom stereocenters. The predicted octanol–water partition coefficient (Wildman–Crippen LogP) is 5.30. The molecule has 1 aliphatic carbocycles. The van der Waals surface area contributed by atoms with Gasteiger partial charge in [-0.25, -0.2) is 9.78 Å². The van der Waals surface area contributed by atoms with E-state index in [2.05, 4.69) is 39.2 Å². The van der Waals surface area contributed by atoms with E-state index in [-0.39, 0.29) is 6.09 Å². The van der Waals surface area contributed by atoms with Crippen LogP contribution in [0.15, 0.2) is 36.8 Å². The normalized spacial score (nSPS) is 20.9. The average molecular weight is 491 g/mol. The second-order valence-corrected chi connectivity index (χ2v) is 11.4. The first-order chi connectivity index (χ1) is 17.3. The number of amides is 1. The lowest BCUT2D eigenvalue weighted by molar-refractivity contribution is 0.0205. The number of piperidine rings is 1. The first-order valence-corrected chi connectivity index (χ1v) is 13.3. The van der Waals surface area contributed by atoms with Gasteiger partial charge >= 0.3 is 6.09 Å². The zero-order valence-electron chi connectivity index (χ0n) is 21.7. The van der Waals surface area contributed by atoms with Gasteiger partial charge in [0.25, 0.3) is 0 Å². The Kier molecular flexibility index (Phi) is 6.97. The van der Waals surface area contributed by atoms with E-state index >= 15 is 0 Å². The van der Waals surface area contributed by atoms with Crippen LogP contribution >= 0.6 is 0 Å². The summed E-state index contributed by atoms with van der Waals surface area (Å²) in [5, 5.41) is 4.63. The van der Waals surface area contributed by atoms with Crippen LogP contribution < -0.4 is 5.73 Å². The highest BCUT2D eigenvalue weighted by Gasteiger charge is 2.31. The van der Waals surface area contributed by atoms with Crippen molar-refractivity contribution in [2.24, 2.45) is 11.7 Å². The average Bonchev–Trinajstić information content (AvgIpc) is 3.31. The van der Waals surface area contributed by atoms with Gasteiger partial charge in [-0.15, -0.1) is 0 Å². The number of rotatable bonds is 6. The molecule has 0 spiro atoms. The van der Waals surface area contributed by atoms with Crippen LogP contribution in [0.2, 0.25) is 0 Å². The largest absolute Gasteiger partial charge is 0.444 e.